The summed E-state index contributed by atoms with van der Waals surface area (Å²) in [5.74, 6) is -1.19. The van der Waals surface area contributed by atoms with Gasteiger partial charge in [0.25, 0.3) is 0 Å². The number of halogens is 3. The molecule has 0 saturated carbocycles. The molecule has 0 amide bonds. The number of fused-ring (bicyclic) bond motifs is 1. The van der Waals surface area contributed by atoms with Crippen LogP contribution < -0.4 is 0 Å². The van der Waals surface area contributed by atoms with E-state index < -0.39 is 5.97 Å². The molecule has 0 fully saturated rings. The van der Waals surface area contributed by atoms with Gasteiger partial charge in [0, 0.05) is 10.0 Å². The van der Waals surface area contributed by atoms with Gasteiger partial charge in [0.2, 0.25) is 0 Å². The molecule has 9 heteroatoms. The lowest BCUT2D eigenvalue weighted by Crippen LogP contribution is -2.11. The maximum Gasteiger partial charge on any atom is 0.358 e. The highest BCUT2D eigenvalue weighted by Gasteiger charge is 2.23. The number of aromatic nitrogens is 4. The van der Waals surface area contributed by atoms with Crippen molar-refractivity contribution in [3.8, 4) is 0 Å². The minimum atomic E-state index is -1.19. The van der Waals surface area contributed by atoms with Gasteiger partial charge in [-0.1, -0.05) is 40.9 Å². The Hall–Kier alpha value is -1.89. The number of aromatic carboxylic acids is 1. The molecule has 2 aromatic heterocycles. The summed E-state index contributed by atoms with van der Waals surface area (Å²) < 4.78 is 1.44. The van der Waals surface area contributed by atoms with E-state index in [9.17, 15) is 9.90 Å². The van der Waals surface area contributed by atoms with Crippen LogP contribution in [0.5, 0.6) is 0 Å². The molecule has 2 heterocycles. The highest BCUT2D eigenvalue weighted by Crippen LogP contribution is 2.30. The molecule has 23 heavy (non-hydrogen) atoms. The molecule has 0 aliphatic carbocycles. The molecule has 1 aromatic carbocycles. The second-order valence-electron chi connectivity index (χ2n) is 4.81. The van der Waals surface area contributed by atoms with Gasteiger partial charge in [-0.25, -0.2) is 19.4 Å². The Labute approximate surface area is 145 Å². The monoisotopic (exact) mass is 370 g/mol. The fourth-order valence-electron chi connectivity index (χ4n) is 2.27. The molecule has 6 nitrogen and oxygen atoms in total. The van der Waals surface area contributed by atoms with E-state index in [2.05, 4.69) is 15.1 Å². The molecular formula is C14H9Cl3N4O2. The van der Waals surface area contributed by atoms with Gasteiger partial charge in [0.1, 0.15) is 10.7 Å². The average Bonchev–Trinajstić information content (AvgIpc) is 2.85. The predicted octanol–water partition coefficient (Wildman–Crippen LogP) is 4.09. The molecule has 3 aromatic rings. The minimum absolute atomic E-state index is 0.144. The van der Waals surface area contributed by atoms with Crippen LogP contribution in [0.2, 0.25) is 15.2 Å². The van der Waals surface area contributed by atoms with Gasteiger partial charge in [-0.3, -0.25) is 0 Å². The average molecular weight is 372 g/mol. The number of hydrogen-bond acceptors (Lipinski definition) is 4. The van der Waals surface area contributed by atoms with Gasteiger partial charge >= 0.3 is 5.97 Å². The zero-order valence-electron chi connectivity index (χ0n) is 11.7. The van der Waals surface area contributed by atoms with E-state index in [0.717, 1.165) is 5.56 Å². The second kappa shape index (κ2) is 5.96. The number of rotatable bonds is 3. The van der Waals surface area contributed by atoms with E-state index >= 15 is 0 Å². The van der Waals surface area contributed by atoms with Gasteiger partial charge in [0.05, 0.1) is 12.2 Å². The first-order chi connectivity index (χ1) is 10.9. The summed E-state index contributed by atoms with van der Waals surface area (Å²) in [6.07, 6.45) is 1.28. The first-order valence-corrected chi connectivity index (χ1v) is 7.61. The van der Waals surface area contributed by atoms with Crippen molar-refractivity contribution >= 4 is 51.9 Å². The highest BCUT2D eigenvalue weighted by molar-refractivity contribution is 6.35. The molecule has 118 valence electrons. The summed E-state index contributed by atoms with van der Waals surface area (Å²) in [6, 6.07) is 4.67. The van der Waals surface area contributed by atoms with Crippen LogP contribution in [-0.4, -0.2) is 30.8 Å². The van der Waals surface area contributed by atoms with Crippen LogP contribution in [0.3, 0.4) is 0 Å². The van der Waals surface area contributed by atoms with Crippen LogP contribution in [0, 0.1) is 0 Å². The van der Waals surface area contributed by atoms with E-state index in [1.54, 1.807) is 18.2 Å². The number of benzene rings is 1. The molecule has 0 unspecified atom stereocenters. The van der Waals surface area contributed by atoms with Crippen molar-refractivity contribution in [3.05, 3.63) is 50.9 Å². The van der Waals surface area contributed by atoms with Gasteiger partial charge in [0.15, 0.2) is 11.3 Å². The van der Waals surface area contributed by atoms with Gasteiger partial charge in [-0.05, 0) is 24.6 Å². The van der Waals surface area contributed by atoms with Crippen LogP contribution in [0.1, 0.15) is 29.0 Å². The fraction of sp³-hybridized carbons (Fsp3) is 0.143. The van der Waals surface area contributed by atoms with Crippen molar-refractivity contribution in [2.75, 3.05) is 0 Å². The molecule has 0 aliphatic heterocycles. The van der Waals surface area contributed by atoms with E-state index in [4.69, 9.17) is 34.8 Å². The number of carboxylic acid groups (broad SMARTS) is 1. The number of nitrogens with zero attached hydrogens (tertiary/aromatic N) is 4. The van der Waals surface area contributed by atoms with Gasteiger partial charge in [-0.15, -0.1) is 0 Å². The molecule has 0 spiro atoms. The zero-order valence-corrected chi connectivity index (χ0v) is 13.9. The highest BCUT2D eigenvalue weighted by atomic mass is 35.5. The second-order valence-corrected chi connectivity index (χ2v) is 6.04. The maximum absolute atomic E-state index is 11.4. The first-order valence-electron chi connectivity index (χ1n) is 6.47. The Balaban J connectivity index is 2.22. The lowest BCUT2D eigenvalue weighted by atomic mass is 10.1. The molecule has 0 radical (unpaired) electrons. The first kappa shape index (κ1) is 16.0. The SMILES string of the molecule is C[C@@H](c1ccc(Cl)cc1Cl)n1nc(C(=O)O)c2ncc(Cl)nc21. The lowest BCUT2D eigenvalue weighted by molar-refractivity contribution is 0.0691. The van der Waals surface area contributed by atoms with Crippen LogP contribution in [-0.2, 0) is 0 Å². The Bertz CT molecular complexity index is 926. The Kier molecular flexibility index (Phi) is 4.14. The molecule has 0 saturated heterocycles. The van der Waals surface area contributed by atoms with Crippen LogP contribution >= 0.6 is 34.8 Å². The standard InChI is InChI=1S/C14H9Cl3N4O2/c1-6(8-3-2-7(15)4-9(8)16)21-13-11(12(20-21)14(22)23)18-5-10(17)19-13/h2-6H,1H3,(H,22,23)/t6-/m0/s1. The van der Waals surface area contributed by atoms with Gasteiger partial charge < -0.3 is 5.11 Å². The predicted molar refractivity (Wildman–Crippen MR) is 87.6 cm³/mol. The van der Waals surface area contributed by atoms with Crippen molar-refractivity contribution in [2.45, 2.75) is 13.0 Å². The number of carbonyl (C=O) groups is 1. The molecule has 1 atom stereocenters. The topological polar surface area (TPSA) is 80.9 Å². The Morgan fingerprint density at radius 1 is 1.30 bits per heavy atom. The molecule has 1 N–H and O–H groups in total. The van der Waals surface area contributed by atoms with Crippen molar-refractivity contribution in [2.24, 2.45) is 0 Å². The smallest absolute Gasteiger partial charge is 0.358 e. The normalized spacial score (nSPS) is 12.5. The fourth-order valence-corrected chi connectivity index (χ4v) is 2.97. The number of hydrogen-bond donors (Lipinski definition) is 1. The number of carboxylic acids is 1. The third-order valence-electron chi connectivity index (χ3n) is 3.36. The van der Waals surface area contributed by atoms with E-state index in [-0.39, 0.29) is 28.1 Å². The van der Waals surface area contributed by atoms with E-state index in [1.165, 1.54) is 10.9 Å². The van der Waals surface area contributed by atoms with Gasteiger partial charge in [-0.2, -0.15) is 5.10 Å². The molecule has 3 rings (SSSR count). The minimum Gasteiger partial charge on any atom is -0.476 e. The molecule has 0 aliphatic rings. The Morgan fingerprint density at radius 3 is 2.70 bits per heavy atom. The summed E-state index contributed by atoms with van der Waals surface area (Å²) in [5, 5.41) is 14.5. The van der Waals surface area contributed by atoms with Crippen molar-refractivity contribution in [1.29, 1.82) is 0 Å². The summed E-state index contributed by atoms with van der Waals surface area (Å²) in [7, 11) is 0. The van der Waals surface area contributed by atoms with Crippen LogP contribution in [0.15, 0.2) is 24.4 Å². The summed E-state index contributed by atoms with van der Waals surface area (Å²) in [5.41, 5.74) is 0.965. The molecular weight excluding hydrogens is 363 g/mol. The Morgan fingerprint density at radius 2 is 2.04 bits per heavy atom. The maximum atomic E-state index is 11.4. The van der Waals surface area contributed by atoms with Crippen molar-refractivity contribution in [1.82, 2.24) is 19.7 Å². The van der Waals surface area contributed by atoms with Crippen molar-refractivity contribution < 1.29 is 9.90 Å². The van der Waals surface area contributed by atoms with Crippen molar-refractivity contribution in [3.63, 3.8) is 0 Å². The van der Waals surface area contributed by atoms with Crippen LogP contribution in [0.4, 0.5) is 0 Å². The summed E-state index contributed by atoms with van der Waals surface area (Å²) in [4.78, 5) is 19.5. The largest absolute Gasteiger partial charge is 0.476 e. The third-order valence-corrected chi connectivity index (χ3v) is 4.10. The lowest BCUT2D eigenvalue weighted by Gasteiger charge is -2.15. The summed E-state index contributed by atoms with van der Waals surface area (Å²) in [6.45, 7) is 1.82. The van der Waals surface area contributed by atoms with Crippen LogP contribution in [0.25, 0.3) is 11.2 Å². The van der Waals surface area contributed by atoms with E-state index in [1.807, 2.05) is 6.92 Å². The quantitative estimate of drug-likeness (QED) is 0.750. The summed E-state index contributed by atoms with van der Waals surface area (Å²) >= 11 is 18.0. The molecule has 0 bridgehead atoms. The third kappa shape index (κ3) is 2.85. The van der Waals surface area contributed by atoms with E-state index in [0.29, 0.717) is 10.0 Å². The zero-order chi connectivity index (χ0) is 16.7.